The molecular weight excluding hydrogens is 262 g/mol. The number of ether oxygens (including phenoxy) is 1. The molecule has 2 atom stereocenters. The van der Waals surface area contributed by atoms with Crippen LogP contribution in [0.25, 0.3) is 0 Å². The quantitative estimate of drug-likeness (QED) is 0.798. The van der Waals surface area contributed by atoms with Gasteiger partial charge in [-0.15, -0.1) is 0 Å². The average molecular weight is 283 g/mol. The molecule has 0 saturated carbocycles. The molecule has 4 nitrogen and oxygen atoms in total. The fourth-order valence-electron chi connectivity index (χ4n) is 1.69. The summed E-state index contributed by atoms with van der Waals surface area (Å²) in [5, 5.41) is 12.0. The van der Waals surface area contributed by atoms with Gasteiger partial charge in [-0.2, -0.15) is 11.8 Å². The standard InChI is InChI=1S/C14H21NO3S/c1-10-6-4-5-7-12(10)18-9-14(17)15-11(2)13(8-16)19-3/h4-7,11,13,16H,8-9H2,1-3H3,(H,15,17). The first-order valence-electron chi connectivity index (χ1n) is 6.20. The lowest BCUT2D eigenvalue weighted by Crippen LogP contribution is -2.43. The third-order valence-electron chi connectivity index (χ3n) is 2.88. The first-order valence-corrected chi connectivity index (χ1v) is 7.48. The van der Waals surface area contributed by atoms with E-state index in [0.29, 0.717) is 5.75 Å². The molecule has 1 rings (SSSR count). The van der Waals surface area contributed by atoms with Crippen LogP contribution in [0.15, 0.2) is 24.3 Å². The second kappa shape index (κ2) is 8.07. The lowest BCUT2D eigenvalue weighted by atomic mass is 10.2. The Kier molecular flexibility index (Phi) is 6.73. The summed E-state index contributed by atoms with van der Waals surface area (Å²) in [6, 6.07) is 7.48. The highest BCUT2D eigenvalue weighted by Gasteiger charge is 2.17. The molecule has 1 aromatic carbocycles. The summed E-state index contributed by atoms with van der Waals surface area (Å²) in [5.74, 6) is 0.539. The van der Waals surface area contributed by atoms with Crippen molar-refractivity contribution in [2.45, 2.75) is 25.1 Å². The van der Waals surface area contributed by atoms with Gasteiger partial charge in [-0.3, -0.25) is 4.79 Å². The minimum absolute atomic E-state index is 0.00223. The third-order valence-corrected chi connectivity index (χ3v) is 4.04. The Balaban J connectivity index is 2.42. The van der Waals surface area contributed by atoms with Gasteiger partial charge in [0.15, 0.2) is 6.61 Å². The van der Waals surface area contributed by atoms with E-state index in [1.807, 2.05) is 44.4 Å². The summed E-state index contributed by atoms with van der Waals surface area (Å²) < 4.78 is 5.47. The Morgan fingerprint density at radius 1 is 1.47 bits per heavy atom. The number of aryl methyl sites for hydroxylation is 1. The van der Waals surface area contributed by atoms with Crippen LogP contribution >= 0.6 is 11.8 Å². The summed E-state index contributed by atoms with van der Waals surface area (Å²) in [5.41, 5.74) is 1.00. The predicted octanol–water partition coefficient (Wildman–Crippen LogP) is 1.60. The number of hydrogen-bond donors (Lipinski definition) is 2. The molecule has 0 aromatic heterocycles. The van der Waals surface area contributed by atoms with Gasteiger partial charge in [-0.05, 0) is 31.7 Å². The van der Waals surface area contributed by atoms with Gasteiger partial charge < -0.3 is 15.2 Å². The fourth-order valence-corrected chi connectivity index (χ4v) is 2.31. The molecular formula is C14H21NO3S. The number of rotatable bonds is 7. The van der Waals surface area contributed by atoms with Gasteiger partial charge in [-0.25, -0.2) is 0 Å². The van der Waals surface area contributed by atoms with Gasteiger partial charge in [0.2, 0.25) is 0 Å². The average Bonchev–Trinajstić information content (AvgIpc) is 2.39. The van der Waals surface area contributed by atoms with Crippen LogP contribution in [0.4, 0.5) is 0 Å². The van der Waals surface area contributed by atoms with Crippen molar-refractivity contribution in [3.05, 3.63) is 29.8 Å². The highest BCUT2D eigenvalue weighted by molar-refractivity contribution is 7.99. The van der Waals surface area contributed by atoms with Gasteiger partial charge in [0.05, 0.1) is 6.61 Å². The lowest BCUT2D eigenvalue weighted by Gasteiger charge is -2.21. The molecule has 0 aliphatic rings. The summed E-state index contributed by atoms with van der Waals surface area (Å²) in [4.78, 5) is 11.7. The number of carbonyl (C=O) groups is 1. The van der Waals surface area contributed by atoms with Crippen LogP contribution in [-0.2, 0) is 4.79 Å². The van der Waals surface area contributed by atoms with Crippen molar-refractivity contribution in [2.24, 2.45) is 0 Å². The van der Waals surface area contributed by atoms with E-state index in [2.05, 4.69) is 5.32 Å². The first kappa shape index (κ1) is 15.9. The van der Waals surface area contributed by atoms with Gasteiger partial charge in [-0.1, -0.05) is 18.2 Å². The van der Waals surface area contributed by atoms with Gasteiger partial charge >= 0.3 is 0 Å². The second-order valence-corrected chi connectivity index (χ2v) is 5.44. The zero-order valence-electron chi connectivity index (χ0n) is 11.6. The van der Waals surface area contributed by atoms with Crippen LogP contribution in [0.1, 0.15) is 12.5 Å². The Morgan fingerprint density at radius 3 is 2.74 bits per heavy atom. The number of aliphatic hydroxyl groups excluding tert-OH is 1. The third kappa shape index (κ3) is 5.12. The van der Waals surface area contributed by atoms with Crippen molar-refractivity contribution >= 4 is 17.7 Å². The monoisotopic (exact) mass is 283 g/mol. The molecule has 1 amide bonds. The van der Waals surface area contributed by atoms with Crippen LogP contribution < -0.4 is 10.1 Å². The van der Waals surface area contributed by atoms with E-state index in [4.69, 9.17) is 9.84 Å². The normalized spacial score (nSPS) is 13.7. The first-order chi connectivity index (χ1) is 9.08. The number of benzene rings is 1. The maximum atomic E-state index is 11.7. The lowest BCUT2D eigenvalue weighted by molar-refractivity contribution is -0.123. The fraction of sp³-hybridized carbons (Fsp3) is 0.500. The highest BCUT2D eigenvalue weighted by atomic mass is 32.2. The highest BCUT2D eigenvalue weighted by Crippen LogP contribution is 2.16. The maximum Gasteiger partial charge on any atom is 0.258 e. The van der Waals surface area contributed by atoms with E-state index in [9.17, 15) is 4.79 Å². The number of para-hydroxylation sites is 1. The minimum Gasteiger partial charge on any atom is -0.484 e. The molecule has 1 aromatic rings. The van der Waals surface area contributed by atoms with E-state index in [-0.39, 0.29) is 30.4 Å². The molecule has 2 unspecified atom stereocenters. The molecule has 106 valence electrons. The van der Waals surface area contributed by atoms with Crippen LogP contribution in [-0.4, -0.2) is 41.8 Å². The van der Waals surface area contributed by atoms with E-state index < -0.39 is 0 Å². The van der Waals surface area contributed by atoms with Crippen LogP contribution in [0.3, 0.4) is 0 Å². The Bertz CT molecular complexity index is 407. The Labute approximate surface area is 118 Å². The Morgan fingerprint density at radius 2 is 2.16 bits per heavy atom. The Hall–Kier alpha value is -1.20. The largest absolute Gasteiger partial charge is 0.484 e. The molecule has 0 aliphatic heterocycles. The van der Waals surface area contributed by atoms with Crippen LogP contribution in [0.5, 0.6) is 5.75 Å². The van der Waals surface area contributed by atoms with E-state index in [1.165, 1.54) is 11.8 Å². The van der Waals surface area contributed by atoms with E-state index in [0.717, 1.165) is 5.56 Å². The van der Waals surface area contributed by atoms with Gasteiger partial charge in [0.1, 0.15) is 5.75 Å². The predicted molar refractivity (Wildman–Crippen MR) is 78.7 cm³/mol. The molecule has 0 saturated heterocycles. The van der Waals surface area contributed by atoms with Crippen molar-refractivity contribution in [1.29, 1.82) is 0 Å². The molecule has 0 bridgehead atoms. The van der Waals surface area contributed by atoms with Crippen LogP contribution in [0, 0.1) is 6.92 Å². The zero-order valence-corrected chi connectivity index (χ0v) is 12.4. The van der Waals surface area contributed by atoms with Gasteiger partial charge in [0, 0.05) is 11.3 Å². The molecule has 2 N–H and O–H groups in total. The smallest absolute Gasteiger partial charge is 0.258 e. The molecule has 5 heteroatoms. The number of aliphatic hydroxyl groups is 1. The van der Waals surface area contributed by atoms with E-state index in [1.54, 1.807) is 0 Å². The van der Waals surface area contributed by atoms with Crippen molar-refractivity contribution in [1.82, 2.24) is 5.32 Å². The minimum atomic E-state index is -0.178. The summed E-state index contributed by atoms with van der Waals surface area (Å²) >= 11 is 1.53. The summed E-state index contributed by atoms with van der Waals surface area (Å²) in [6.45, 7) is 3.84. The topological polar surface area (TPSA) is 58.6 Å². The number of hydrogen-bond acceptors (Lipinski definition) is 4. The molecule has 0 heterocycles. The number of amides is 1. The molecule has 0 fully saturated rings. The van der Waals surface area contributed by atoms with E-state index >= 15 is 0 Å². The molecule has 0 spiro atoms. The molecule has 19 heavy (non-hydrogen) atoms. The maximum absolute atomic E-state index is 11.7. The number of carbonyl (C=O) groups excluding carboxylic acids is 1. The molecule has 0 aliphatic carbocycles. The van der Waals surface area contributed by atoms with Crippen molar-refractivity contribution in [3.8, 4) is 5.75 Å². The zero-order chi connectivity index (χ0) is 14.3. The van der Waals surface area contributed by atoms with Crippen molar-refractivity contribution in [2.75, 3.05) is 19.5 Å². The number of thioether (sulfide) groups is 1. The van der Waals surface area contributed by atoms with Crippen molar-refractivity contribution < 1.29 is 14.6 Å². The number of nitrogens with one attached hydrogen (secondary N) is 1. The summed E-state index contributed by atoms with van der Waals surface area (Å²) in [6.07, 6.45) is 1.91. The summed E-state index contributed by atoms with van der Waals surface area (Å²) in [7, 11) is 0. The molecule has 0 radical (unpaired) electrons. The van der Waals surface area contributed by atoms with Crippen molar-refractivity contribution in [3.63, 3.8) is 0 Å². The van der Waals surface area contributed by atoms with Gasteiger partial charge in [0.25, 0.3) is 5.91 Å². The second-order valence-electron chi connectivity index (χ2n) is 4.37. The SMILES string of the molecule is CSC(CO)C(C)NC(=O)COc1ccccc1C. The van der Waals surface area contributed by atoms with Crippen LogP contribution in [0.2, 0.25) is 0 Å².